The van der Waals surface area contributed by atoms with Crippen molar-refractivity contribution in [1.82, 2.24) is 15.0 Å². The van der Waals surface area contributed by atoms with E-state index < -0.39 is 8.07 Å². The van der Waals surface area contributed by atoms with Crippen molar-refractivity contribution in [2.75, 3.05) is 0 Å². The van der Waals surface area contributed by atoms with Crippen LogP contribution >= 0.6 is 0 Å². The molecule has 0 atom stereocenters. The number of nitrogens with zero attached hydrogens (tertiary/aromatic N) is 3. The molecule has 2 aliphatic carbocycles. The van der Waals surface area contributed by atoms with Gasteiger partial charge >= 0.3 is 0 Å². The maximum atomic E-state index is 6.23. The molecule has 2 fully saturated rings. The Morgan fingerprint density at radius 3 is 2.28 bits per heavy atom. The van der Waals surface area contributed by atoms with E-state index in [2.05, 4.69) is 92.3 Å². The van der Waals surface area contributed by atoms with Crippen molar-refractivity contribution in [3.8, 4) is 22.5 Å². The van der Waals surface area contributed by atoms with Crippen molar-refractivity contribution in [2.45, 2.75) is 103 Å². The van der Waals surface area contributed by atoms with Gasteiger partial charge in [0.2, 0.25) is 5.71 Å². The van der Waals surface area contributed by atoms with Gasteiger partial charge in [-0.25, -0.2) is 4.98 Å². The Bertz CT molecular complexity index is 2020. The van der Waals surface area contributed by atoms with Crippen molar-refractivity contribution in [1.29, 1.82) is 0 Å². The molecule has 261 valence electrons. The first kappa shape index (κ1) is 36.4. The van der Waals surface area contributed by atoms with Crippen LogP contribution in [0.3, 0.4) is 0 Å². The minimum absolute atomic E-state index is 0. The number of furan rings is 1. The Morgan fingerprint density at radius 2 is 1.56 bits per heavy atom. The molecular weight excluding hydrogens is 807 g/mol. The van der Waals surface area contributed by atoms with Crippen LogP contribution < -0.4 is 5.19 Å². The molecule has 0 bridgehead atoms. The predicted octanol–water partition coefficient (Wildman–Crippen LogP) is 11.4. The second-order valence-corrected chi connectivity index (χ2v) is 20.3. The smallest absolute Gasteiger partial charge is 0.216 e. The average Bonchev–Trinajstić information content (AvgIpc) is 3.51. The van der Waals surface area contributed by atoms with E-state index in [-0.39, 0.29) is 20.1 Å². The molecule has 4 aromatic heterocycles. The van der Waals surface area contributed by atoms with E-state index in [1.54, 1.807) is 10.8 Å². The van der Waals surface area contributed by atoms with Crippen LogP contribution in [0, 0.1) is 25.0 Å². The van der Waals surface area contributed by atoms with Gasteiger partial charge in [0.15, 0.2) is 0 Å². The van der Waals surface area contributed by atoms with Gasteiger partial charge in [0, 0.05) is 49.5 Å². The van der Waals surface area contributed by atoms with Crippen molar-refractivity contribution in [2.24, 2.45) is 5.92 Å². The van der Waals surface area contributed by atoms with Gasteiger partial charge in [0.1, 0.15) is 0 Å². The zero-order valence-corrected chi connectivity index (χ0v) is 33.4. The van der Waals surface area contributed by atoms with Crippen molar-refractivity contribution >= 4 is 35.3 Å². The van der Waals surface area contributed by atoms with E-state index >= 15 is 0 Å². The first-order chi connectivity index (χ1) is 23.8. The number of aromatic nitrogens is 3. The van der Waals surface area contributed by atoms with E-state index in [4.69, 9.17) is 14.4 Å². The summed E-state index contributed by atoms with van der Waals surface area (Å²) in [7, 11) is -1.36. The van der Waals surface area contributed by atoms with Gasteiger partial charge in [-0.1, -0.05) is 105 Å². The molecule has 50 heavy (non-hydrogen) atoms. The largest absolute Gasteiger partial charge is 0.486 e. The van der Waals surface area contributed by atoms with Crippen molar-refractivity contribution < 1.29 is 24.5 Å². The summed E-state index contributed by atoms with van der Waals surface area (Å²) in [5, 5.41) is 3.70. The number of pyridine rings is 3. The second-order valence-electron chi connectivity index (χ2n) is 15.3. The molecule has 2 aliphatic rings. The van der Waals surface area contributed by atoms with E-state index in [0.29, 0.717) is 5.92 Å². The molecule has 6 heteroatoms. The molecule has 0 saturated heterocycles. The van der Waals surface area contributed by atoms with Gasteiger partial charge in [-0.05, 0) is 66.9 Å². The molecular formula is C44H49IrN3OSi-2. The number of aryl methyl sites for hydroxylation is 1. The summed E-state index contributed by atoms with van der Waals surface area (Å²) in [6, 6.07) is 29.6. The van der Waals surface area contributed by atoms with Crippen LogP contribution in [0.25, 0.3) is 44.6 Å². The van der Waals surface area contributed by atoms with E-state index in [1.807, 2.05) is 30.5 Å². The molecule has 4 nitrogen and oxygen atoms in total. The molecule has 0 amide bonds. The number of benzene rings is 2. The van der Waals surface area contributed by atoms with Crippen molar-refractivity contribution in [3.63, 3.8) is 0 Å². The average molecular weight is 856 g/mol. The van der Waals surface area contributed by atoms with Gasteiger partial charge in [-0.3, -0.25) is 0 Å². The zero-order valence-electron chi connectivity index (χ0n) is 30.0. The third-order valence-corrected chi connectivity index (χ3v) is 12.6. The van der Waals surface area contributed by atoms with Gasteiger partial charge in [0.05, 0.1) is 13.7 Å². The molecule has 6 aromatic rings. The Morgan fingerprint density at radius 1 is 0.780 bits per heavy atom. The molecule has 1 radical (unpaired) electrons. The second kappa shape index (κ2) is 16.3. The van der Waals surface area contributed by atoms with E-state index in [0.717, 1.165) is 50.5 Å². The summed E-state index contributed by atoms with van der Waals surface area (Å²) >= 11 is 0. The summed E-state index contributed by atoms with van der Waals surface area (Å²) in [6.45, 7) is 9.37. The third kappa shape index (κ3) is 8.36. The van der Waals surface area contributed by atoms with Crippen LogP contribution in [-0.2, 0) is 26.5 Å². The van der Waals surface area contributed by atoms with Gasteiger partial charge < -0.3 is 14.4 Å². The maximum absolute atomic E-state index is 6.23. The molecule has 4 heterocycles. The molecule has 2 aromatic carbocycles. The van der Waals surface area contributed by atoms with Crippen LogP contribution in [0.2, 0.25) is 19.6 Å². The fraction of sp³-hybridized carbons (Fsp3) is 0.386. The number of rotatable bonds is 6. The summed E-state index contributed by atoms with van der Waals surface area (Å²) in [5.74, 6) is 1.44. The summed E-state index contributed by atoms with van der Waals surface area (Å²) in [5.41, 5.74) is 9.46. The minimum Gasteiger partial charge on any atom is -0.486 e. The van der Waals surface area contributed by atoms with Gasteiger partial charge in [-0.2, -0.15) is 0 Å². The zero-order chi connectivity index (χ0) is 33.8. The fourth-order valence-electron chi connectivity index (χ4n) is 7.87. The van der Waals surface area contributed by atoms with Crippen LogP contribution in [0.4, 0.5) is 0 Å². The van der Waals surface area contributed by atoms with E-state index in [9.17, 15) is 0 Å². The maximum Gasteiger partial charge on any atom is 0.216 e. The normalized spacial score (nSPS) is 15.8. The van der Waals surface area contributed by atoms with Gasteiger partial charge in [0.25, 0.3) is 0 Å². The fourth-order valence-corrected chi connectivity index (χ4v) is 9.46. The number of hydrogen-bond donors (Lipinski definition) is 0. The number of hydrogen-bond acceptors (Lipinski definition) is 4. The molecule has 0 unspecified atom stereocenters. The standard InChI is InChI=1S/C23H21N2O.C21H28NSi.Ir/c1-15-12-13-24-21(14-15)19-9-5-8-17-18-10-11-20(16-6-3-2-4-7-16)25-23(18)26-22(17)19;1-23(2,3)21-16-22-20(18-12-8-5-9-13-18)15-19(21)14-17-10-6-4-7-11-17;/h5,8,10-14,16H,2-4,6-7H2,1H3;5,8-9,12,15-17H,4,6-7,10-11,14H2,1-3H3;/q2*-1;. The molecule has 2 saturated carbocycles. The molecule has 0 aliphatic heterocycles. The van der Waals surface area contributed by atoms with Crippen LogP contribution in [-0.4, -0.2) is 23.0 Å². The molecule has 8 rings (SSSR count). The predicted molar refractivity (Wildman–Crippen MR) is 206 cm³/mol. The Hall–Kier alpha value is -3.44. The van der Waals surface area contributed by atoms with Crippen LogP contribution in [0.15, 0.2) is 83.5 Å². The topological polar surface area (TPSA) is 51.8 Å². The minimum atomic E-state index is -1.36. The summed E-state index contributed by atoms with van der Waals surface area (Å²) in [4.78, 5) is 14.2. The SMILES string of the molecule is C[Si](C)(C)c1cnc(-c2[c-]cccc2)cc1CC1CCCCC1.Cc1ccnc(-c2[c-]ccc3c2oc2nc(C4CCCCC4)ccc23)c1.[Ir]. The monoisotopic (exact) mass is 856 g/mol. The summed E-state index contributed by atoms with van der Waals surface area (Å²) in [6.07, 6.45) is 18.8. The van der Waals surface area contributed by atoms with Gasteiger partial charge in [-0.15, -0.1) is 54.1 Å². The van der Waals surface area contributed by atoms with Crippen LogP contribution in [0.5, 0.6) is 0 Å². The first-order valence-electron chi connectivity index (χ1n) is 18.5. The van der Waals surface area contributed by atoms with Crippen molar-refractivity contribution in [3.05, 3.63) is 108 Å². The quantitative estimate of drug-likeness (QED) is 0.124. The van der Waals surface area contributed by atoms with E-state index in [1.165, 1.54) is 81.9 Å². The number of fused-ring (bicyclic) bond motifs is 3. The third-order valence-electron chi connectivity index (χ3n) is 10.5. The molecule has 0 spiro atoms. The molecule has 0 N–H and O–H groups in total. The Balaban J connectivity index is 0.000000171. The Labute approximate surface area is 312 Å². The first-order valence-corrected chi connectivity index (χ1v) is 22.0. The Kier molecular flexibility index (Phi) is 11.8. The summed E-state index contributed by atoms with van der Waals surface area (Å²) < 4.78 is 6.23. The van der Waals surface area contributed by atoms with Crippen LogP contribution in [0.1, 0.15) is 86.9 Å².